The first-order chi connectivity index (χ1) is 13.0. The average Bonchev–Trinajstić information content (AvgIpc) is 2.99. The van der Waals surface area contributed by atoms with Crippen LogP contribution in [0.3, 0.4) is 0 Å². The maximum atomic E-state index is 11.2. The molecule has 0 aliphatic heterocycles. The number of fused-ring (bicyclic) bond motifs is 1. The number of primary amides is 1. The van der Waals surface area contributed by atoms with E-state index >= 15 is 0 Å². The standard InChI is InChI=1S/C21H25N3O2S/c1-14(2)16-12-15(3)8-9-19(16)26-11-10-24-18-7-5-4-6-17(18)23-21(24)27-13-20(22)25/h4-9,12,14H,10-11,13H2,1-3H3,(H2,22,25). The molecule has 1 amide bonds. The lowest BCUT2D eigenvalue weighted by molar-refractivity contribution is -0.115. The van der Waals surface area contributed by atoms with E-state index < -0.39 is 0 Å². The van der Waals surface area contributed by atoms with E-state index in [0.717, 1.165) is 21.9 Å². The Morgan fingerprint density at radius 3 is 2.78 bits per heavy atom. The smallest absolute Gasteiger partial charge is 0.227 e. The van der Waals surface area contributed by atoms with E-state index in [-0.39, 0.29) is 11.7 Å². The number of amides is 1. The van der Waals surface area contributed by atoms with Crippen LogP contribution in [-0.4, -0.2) is 27.8 Å². The molecule has 0 saturated heterocycles. The first-order valence-electron chi connectivity index (χ1n) is 9.05. The minimum absolute atomic E-state index is 0.208. The van der Waals surface area contributed by atoms with Crippen molar-refractivity contribution in [2.24, 2.45) is 5.73 Å². The van der Waals surface area contributed by atoms with Crippen molar-refractivity contribution < 1.29 is 9.53 Å². The van der Waals surface area contributed by atoms with E-state index in [1.807, 2.05) is 30.3 Å². The van der Waals surface area contributed by atoms with E-state index in [0.29, 0.717) is 19.1 Å². The highest BCUT2D eigenvalue weighted by Gasteiger charge is 2.13. The van der Waals surface area contributed by atoms with Crippen LogP contribution in [0.15, 0.2) is 47.6 Å². The molecule has 2 aromatic carbocycles. The van der Waals surface area contributed by atoms with E-state index in [4.69, 9.17) is 10.5 Å². The van der Waals surface area contributed by atoms with Gasteiger partial charge in [-0.2, -0.15) is 0 Å². The first kappa shape index (κ1) is 19.3. The number of hydrogen-bond acceptors (Lipinski definition) is 4. The molecule has 0 atom stereocenters. The summed E-state index contributed by atoms with van der Waals surface area (Å²) in [6, 6.07) is 14.2. The predicted octanol–water partition coefficient (Wildman–Crippen LogP) is 4.12. The fraction of sp³-hybridized carbons (Fsp3) is 0.333. The number of benzene rings is 2. The molecule has 3 rings (SSSR count). The van der Waals surface area contributed by atoms with Crippen molar-refractivity contribution in [1.29, 1.82) is 0 Å². The number of para-hydroxylation sites is 2. The number of nitrogens with zero attached hydrogens (tertiary/aromatic N) is 2. The number of aromatic nitrogens is 2. The highest BCUT2D eigenvalue weighted by Crippen LogP contribution is 2.28. The van der Waals surface area contributed by atoms with Crippen molar-refractivity contribution in [2.45, 2.75) is 38.4 Å². The first-order valence-corrected chi connectivity index (χ1v) is 10.0. The molecule has 3 aromatic rings. The molecule has 6 heteroatoms. The maximum Gasteiger partial charge on any atom is 0.227 e. The molecule has 142 valence electrons. The van der Waals surface area contributed by atoms with Crippen LogP contribution in [0.5, 0.6) is 5.75 Å². The quantitative estimate of drug-likeness (QED) is 0.594. The molecule has 0 aliphatic carbocycles. The Bertz CT molecular complexity index is 950. The molecule has 0 radical (unpaired) electrons. The predicted molar refractivity (Wildman–Crippen MR) is 110 cm³/mol. The van der Waals surface area contributed by atoms with E-state index in [2.05, 4.69) is 42.5 Å². The summed E-state index contributed by atoms with van der Waals surface area (Å²) >= 11 is 1.36. The van der Waals surface area contributed by atoms with Crippen LogP contribution in [0.4, 0.5) is 0 Å². The number of aryl methyl sites for hydroxylation is 1. The number of carbonyl (C=O) groups is 1. The summed E-state index contributed by atoms with van der Waals surface area (Å²) in [4.78, 5) is 15.8. The lowest BCUT2D eigenvalue weighted by Gasteiger charge is -2.16. The fourth-order valence-electron chi connectivity index (χ4n) is 3.01. The summed E-state index contributed by atoms with van der Waals surface area (Å²) in [5, 5.41) is 0.784. The second kappa shape index (κ2) is 8.48. The number of carbonyl (C=O) groups excluding carboxylic acids is 1. The molecule has 0 unspecified atom stereocenters. The third kappa shape index (κ3) is 4.63. The van der Waals surface area contributed by atoms with Crippen LogP contribution in [0.25, 0.3) is 11.0 Å². The van der Waals surface area contributed by atoms with Gasteiger partial charge in [0.05, 0.1) is 23.3 Å². The second-order valence-electron chi connectivity index (χ2n) is 6.83. The number of rotatable bonds is 8. The van der Waals surface area contributed by atoms with Gasteiger partial charge in [0.1, 0.15) is 12.4 Å². The molecule has 0 bridgehead atoms. The van der Waals surface area contributed by atoms with Gasteiger partial charge in [0.2, 0.25) is 5.91 Å². The van der Waals surface area contributed by atoms with E-state index in [9.17, 15) is 4.79 Å². The summed E-state index contributed by atoms with van der Waals surface area (Å²) in [6.07, 6.45) is 0. The van der Waals surface area contributed by atoms with Crippen molar-refractivity contribution in [2.75, 3.05) is 12.4 Å². The molecular weight excluding hydrogens is 358 g/mol. The highest BCUT2D eigenvalue weighted by molar-refractivity contribution is 7.99. The van der Waals surface area contributed by atoms with E-state index in [1.165, 1.54) is 22.9 Å². The molecule has 0 spiro atoms. The van der Waals surface area contributed by atoms with Crippen LogP contribution >= 0.6 is 11.8 Å². The lowest BCUT2D eigenvalue weighted by atomic mass is 10.00. The molecule has 0 fully saturated rings. The minimum atomic E-state index is -0.351. The number of ether oxygens (including phenoxy) is 1. The molecule has 0 saturated carbocycles. The van der Waals surface area contributed by atoms with Gasteiger partial charge >= 0.3 is 0 Å². The Kier molecular flexibility index (Phi) is 6.06. The van der Waals surface area contributed by atoms with Crippen molar-refractivity contribution in [3.63, 3.8) is 0 Å². The van der Waals surface area contributed by atoms with Crippen molar-refractivity contribution in [3.05, 3.63) is 53.6 Å². The summed E-state index contributed by atoms with van der Waals surface area (Å²) in [6.45, 7) is 7.60. The molecule has 0 aliphatic rings. The van der Waals surface area contributed by atoms with Crippen LogP contribution in [-0.2, 0) is 11.3 Å². The Morgan fingerprint density at radius 2 is 2.04 bits per heavy atom. The summed E-state index contributed by atoms with van der Waals surface area (Å²) in [7, 11) is 0. The normalized spacial score (nSPS) is 11.3. The topological polar surface area (TPSA) is 70.1 Å². The second-order valence-corrected chi connectivity index (χ2v) is 7.78. The third-order valence-corrected chi connectivity index (χ3v) is 5.32. The summed E-state index contributed by atoms with van der Waals surface area (Å²) < 4.78 is 8.20. The van der Waals surface area contributed by atoms with Gasteiger partial charge in [-0.25, -0.2) is 4.98 Å². The van der Waals surface area contributed by atoms with Crippen LogP contribution in [0, 0.1) is 6.92 Å². The SMILES string of the molecule is Cc1ccc(OCCn2c(SCC(N)=O)nc3ccccc32)c(C(C)C)c1. The van der Waals surface area contributed by atoms with Gasteiger partial charge in [-0.1, -0.05) is 55.4 Å². The van der Waals surface area contributed by atoms with Crippen molar-refractivity contribution in [1.82, 2.24) is 9.55 Å². The van der Waals surface area contributed by atoms with E-state index in [1.54, 1.807) is 0 Å². The zero-order chi connectivity index (χ0) is 19.4. The van der Waals surface area contributed by atoms with Crippen molar-refractivity contribution in [3.8, 4) is 5.75 Å². The van der Waals surface area contributed by atoms with Gasteiger partial charge in [0, 0.05) is 0 Å². The molecule has 5 nitrogen and oxygen atoms in total. The zero-order valence-corrected chi connectivity index (χ0v) is 16.8. The van der Waals surface area contributed by atoms with Gasteiger partial charge in [-0.05, 0) is 36.6 Å². The van der Waals surface area contributed by atoms with Crippen LogP contribution in [0.2, 0.25) is 0 Å². The van der Waals surface area contributed by atoms with Gasteiger partial charge < -0.3 is 15.0 Å². The van der Waals surface area contributed by atoms with Gasteiger partial charge in [0.25, 0.3) is 0 Å². The third-order valence-electron chi connectivity index (χ3n) is 4.32. The maximum absolute atomic E-state index is 11.2. The molecule has 2 N–H and O–H groups in total. The highest BCUT2D eigenvalue weighted by atomic mass is 32.2. The number of hydrogen-bond donors (Lipinski definition) is 1. The Labute approximate surface area is 163 Å². The lowest BCUT2D eigenvalue weighted by Crippen LogP contribution is -2.15. The zero-order valence-electron chi connectivity index (χ0n) is 15.9. The van der Waals surface area contributed by atoms with Crippen LogP contribution in [0.1, 0.15) is 30.9 Å². The Morgan fingerprint density at radius 1 is 1.26 bits per heavy atom. The number of imidazole rings is 1. The minimum Gasteiger partial charge on any atom is -0.491 e. The largest absolute Gasteiger partial charge is 0.491 e. The summed E-state index contributed by atoms with van der Waals surface area (Å²) in [5.74, 6) is 1.18. The number of thioether (sulfide) groups is 1. The van der Waals surface area contributed by atoms with Gasteiger partial charge in [-0.15, -0.1) is 0 Å². The Balaban J connectivity index is 1.79. The summed E-state index contributed by atoms with van der Waals surface area (Å²) in [5.41, 5.74) is 9.68. The molecule has 1 heterocycles. The van der Waals surface area contributed by atoms with Crippen LogP contribution < -0.4 is 10.5 Å². The van der Waals surface area contributed by atoms with Gasteiger partial charge in [-0.3, -0.25) is 4.79 Å². The number of nitrogens with two attached hydrogens (primary N) is 1. The monoisotopic (exact) mass is 383 g/mol. The molecule has 1 aromatic heterocycles. The van der Waals surface area contributed by atoms with Gasteiger partial charge in [0.15, 0.2) is 5.16 Å². The average molecular weight is 384 g/mol. The molecular formula is C21H25N3O2S. The Hall–Kier alpha value is -2.47. The fourth-order valence-corrected chi connectivity index (χ4v) is 3.79. The molecule has 27 heavy (non-hydrogen) atoms. The van der Waals surface area contributed by atoms with Crippen molar-refractivity contribution >= 4 is 28.7 Å².